The Morgan fingerprint density at radius 1 is 1.46 bits per heavy atom. The van der Waals surface area contributed by atoms with Gasteiger partial charge in [0.25, 0.3) is 0 Å². The number of nitrogens with zero attached hydrogens (tertiary/aromatic N) is 2. The molecule has 0 amide bonds. The van der Waals surface area contributed by atoms with Gasteiger partial charge in [0.1, 0.15) is 11.5 Å². The lowest BCUT2D eigenvalue weighted by atomic mass is 9.93. The Kier molecular flexibility index (Phi) is 5.54. The molecule has 1 saturated heterocycles. The highest BCUT2D eigenvalue weighted by Gasteiger charge is 2.33. The van der Waals surface area contributed by atoms with E-state index in [1.807, 2.05) is 12.1 Å². The number of hydrogen-bond donors (Lipinski definition) is 0. The van der Waals surface area contributed by atoms with Gasteiger partial charge < -0.3 is 9.57 Å². The Bertz CT molecular complexity index is 590. The summed E-state index contributed by atoms with van der Waals surface area (Å²) in [5.41, 5.74) is 2.71. The van der Waals surface area contributed by atoms with Crippen LogP contribution in [0.15, 0.2) is 18.2 Å². The predicted molar refractivity (Wildman–Crippen MR) is 93.3 cm³/mol. The lowest BCUT2D eigenvalue weighted by Crippen LogP contribution is -2.35. The summed E-state index contributed by atoms with van der Waals surface area (Å²) in [5, 5.41) is 1.85. The molecule has 3 rings (SSSR count). The molecule has 2 aliphatic rings. The molecule has 0 N–H and O–H groups in total. The molecule has 0 spiro atoms. The van der Waals surface area contributed by atoms with E-state index in [9.17, 15) is 4.79 Å². The van der Waals surface area contributed by atoms with Gasteiger partial charge in [-0.2, -0.15) is 5.06 Å². The zero-order valence-electron chi connectivity index (χ0n) is 15.0. The zero-order chi connectivity index (χ0) is 17.1. The van der Waals surface area contributed by atoms with Crippen molar-refractivity contribution >= 4 is 5.78 Å². The van der Waals surface area contributed by atoms with Crippen molar-refractivity contribution in [2.45, 2.75) is 38.1 Å². The predicted octanol–water partition coefficient (Wildman–Crippen LogP) is 2.25. The van der Waals surface area contributed by atoms with Gasteiger partial charge in [-0.05, 0) is 42.9 Å². The number of rotatable bonds is 7. The minimum Gasteiger partial charge on any atom is -0.493 e. The Hall–Kier alpha value is -1.43. The first-order valence-corrected chi connectivity index (χ1v) is 8.81. The average Bonchev–Trinajstić information content (AvgIpc) is 3.18. The lowest BCUT2D eigenvalue weighted by Gasteiger charge is -2.24. The topological polar surface area (TPSA) is 42.0 Å². The molecule has 132 valence electrons. The number of ketones is 1. The Morgan fingerprint density at radius 2 is 2.29 bits per heavy atom. The zero-order valence-corrected chi connectivity index (χ0v) is 15.0. The van der Waals surface area contributed by atoms with Gasteiger partial charge in [0, 0.05) is 32.6 Å². The molecular formula is C19H28N2O3. The van der Waals surface area contributed by atoms with Crippen LogP contribution in [0.1, 0.15) is 36.8 Å². The molecule has 1 aromatic rings. The van der Waals surface area contributed by atoms with Gasteiger partial charge in [-0.25, -0.2) is 0 Å². The first kappa shape index (κ1) is 17.4. The molecule has 1 aromatic carbocycles. The number of hydrogen-bond acceptors (Lipinski definition) is 5. The van der Waals surface area contributed by atoms with Crippen LogP contribution in [0.4, 0.5) is 0 Å². The van der Waals surface area contributed by atoms with Crippen LogP contribution in [0.3, 0.4) is 0 Å². The van der Waals surface area contributed by atoms with Gasteiger partial charge >= 0.3 is 0 Å². The molecule has 0 bridgehead atoms. The third-order valence-electron chi connectivity index (χ3n) is 5.23. The average molecular weight is 332 g/mol. The molecule has 2 aliphatic heterocycles. The number of carbonyl (C=O) groups excluding carboxylic acids is 1. The number of fused-ring (bicyclic) bond motifs is 1. The maximum absolute atomic E-state index is 11.6. The van der Waals surface area contributed by atoms with Crippen LogP contribution in [0.5, 0.6) is 5.75 Å². The standard InChI is InChI=1S/C19H28N2O3/c1-14(22)12-21-13-17(11-18(21)6-8-20(2)23-3)15-4-5-19-16(10-15)7-9-24-19/h4-5,10,17-18H,6-9,11-13H2,1-3H3. The Labute approximate surface area is 144 Å². The van der Waals surface area contributed by atoms with Gasteiger partial charge in [0.05, 0.1) is 20.3 Å². The number of likely N-dealkylation sites (tertiary alicyclic amines) is 1. The van der Waals surface area contributed by atoms with E-state index in [2.05, 4.69) is 23.1 Å². The second kappa shape index (κ2) is 7.64. The maximum atomic E-state index is 11.6. The SMILES string of the molecule is CON(C)CCC1CC(c2ccc3c(c2)CCO3)CN1CC(C)=O. The highest BCUT2D eigenvalue weighted by Crippen LogP contribution is 2.36. The summed E-state index contributed by atoms with van der Waals surface area (Å²) in [4.78, 5) is 19.2. The highest BCUT2D eigenvalue weighted by molar-refractivity contribution is 5.77. The molecule has 1 fully saturated rings. The van der Waals surface area contributed by atoms with E-state index in [1.54, 1.807) is 14.0 Å². The smallest absolute Gasteiger partial charge is 0.143 e. The maximum Gasteiger partial charge on any atom is 0.143 e. The summed E-state index contributed by atoms with van der Waals surface area (Å²) in [6.07, 6.45) is 3.13. The normalized spacial score (nSPS) is 23.5. The van der Waals surface area contributed by atoms with Gasteiger partial charge in [0.15, 0.2) is 0 Å². The van der Waals surface area contributed by atoms with Crippen molar-refractivity contribution < 1.29 is 14.4 Å². The summed E-state index contributed by atoms with van der Waals surface area (Å²) in [6.45, 7) is 4.86. The molecule has 2 unspecified atom stereocenters. The van der Waals surface area contributed by atoms with Gasteiger partial charge in [0.2, 0.25) is 0 Å². The molecule has 0 saturated carbocycles. The number of carbonyl (C=O) groups is 1. The quantitative estimate of drug-likeness (QED) is 0.717. The van der Waals surface area contributed by atoms with Crippen molar-refractivity contribution in [3.8, 4) is 5.75 Å². The van der Waals surface area contributed by atoms with Crippen molar-refractivity contribution in [2.24, 2.45) is 0 Å². The van der Waals surface area contributed by atoms with Gasteiger partial charge in [-0.15, -0.1) is 0 Å². The summed E-state index contributed by atoms with van der Waals surface area (Å²) < 4.78 is 5.61. The van der Waals surface area contributed by atoms with Crippen molar-refractivity contribution in [1.82, 2.24) is 9.96 Å². The van der Waals surface area contributed by atoms with E-state index < -0.39 is 0 Å². The minimum absolute atomic E-state index is 0.239. The van der Waals surface area contributed by atoms with E-state index in [1.165, 1.54) is 11.1 Å². The van der Waals surface area contributed by atoms with Crippen LogP contribution in [0, 0.1) is 0 Å². The second-order valence-corrected chi connectivity index (χ2v) is 7.01. The van der Waals surface area contributed by atoms with E-state index in [4.69, 9.17) is 9.57 Å². The molecular weight excluding hydrogens is 304 g/mol. The lowest BCUT2D eigenvalue weighted by molar-refractivity contribution is -0.119. The minimum atomic E-state index is 0.239. The number of hydroxylamine groups is 2. The fourth-order valence-corrected chi connectivity index (χ4v) is 3.89. The van der Waals surface area contributed by atoms with E-state index in [0.717, 1.165) is 44.7 Å². The van der Waals surface area contributed by atoms with Crippen LogP contribution in [0.2, 0.25) is 0 Å². The van der Waals surface area contributed by atoms with Crippen LogP contribution in [-0.4, -0.2) is 62.2 Å². The van der Waals surface area contributed by atoms with E-state index in [0.29, 0.717) is 18.5 Å². The van der Waals surface area contributed by atoms with Gasteiger partial charge in [-0.3, -0.25) is 9.69 Å². The summed E-state index contributed by atoms with van der Waals surface area (Å²) >= 11 is 0. The summed E-state index contributed by atoms with van der Waals surface area (Å²) in [6, 6.07) is 7.05. The van der Waals surface area contributed by atoms with Crippen molar-refractivity contribution in [3.63, 3.8) is 0 Å². The molecule has 0 aromatic heterocycles. The summed E-state index contributed by atoms with van der Waals surface area (Å²) in [5.74, 6) is 1.77. The highest BCUT2D eigenvalue weighted by atomic mass is 16.7. The largest absolute Gasteiger partial charge is 0.493 e. The third kappa shape index (κ3) is 3.97. The fourth-order valence-electron chi connectivity index (χ4n) is 3.89. The van der Waals surface area contributed by atoms with Gasteiger partial charge in [-0.1, -0.05) is 12.1 Å². The second-order valence-electron chi connectivity index (χ2n) is 7.01. The van der Waals surface area contributed by atoms with Crippen molar-refractivity contribution in [1.29, 1.82) is 0 Å². The Morgan fingerprint density at radius 3 is 3.04 bits per heavy atom. The fraction of sp³-hybridized carbons (Fsp3) is 0.632. The van der Waals surface area contributed by atoms with Crippen molar-refractivity contribution in [2.75, 3.05) is 40.4 Å². The first-order valence-electron chi connectivity index (χ1n) is 8.81. The molecule has 5 nitrogen and oxygen atoms in total. The molecule has 2 atom stereocenters. The summed E-state index contributed by atoms with van der Waals surface area (Å²) in [7, 11) is 3.64. The Balaban J connectivity index is 1.69. The third-order valence-corrected chi connectivity index (χ3v) is 5.23. The molecule has 0 radical (unpaired) electrons. The van der Waals surface area contributed by atoms with Crippen LogP contribution in [-0.2, 0) is 16.1 Å². The molecule has 5 heteroatoms. The van der Waals surface area contributed by atoms with Crippen LogP contribution < -0.4 is 4.74 Å². The van der Waals surface area contributed by atoms with Crippen molar-refractivity contribution in [3.05, 3.63) is 29.3 Å². The number of Topliss-reactive ketones (excluding diaryl/α,β-unsaturated/α-hetero) is 1. The first-order chi connectivity index (χ1) is 11.6. The number of benzene rings is 1. The van der Waals surface area contributed by atoms with Crippen LogP contribution >= 0.6 is 0 Å². The number of ether oxygens (including phenoxy) is 1. The monoisotopic (exact) mass is 332 g/mol. The molecule has 2 heterocycles. The van der Waals surface area contributed by atoms with E-state index in [-0.39, 0.29) is 5.78 Å². The van der Waals surface area contributed by atoms with E-state index >= 15 is 0 Å². The molecule has 0 aliphatic carbocycles. The van der Waals surface area contributed by atoms with Crippen LogP contribution in [0.25, 0.3) is 0 Å². The molecule has 24 heavy (non-hydrogen) atoms.